The number of β-lactam (4-membered cyclic amide) rings is 1. The fourth-order valence-electron chi connectivity index (χ4n) is 1.34. The molecule has 1 fully saturated rings. The predicted octanol–water partition coefficient (Wildman–Crippen LogP) is 1.56. The topological polar surface area (TPSA) is 20.3 Å². The highest BCUT2D eigenvalue weighted by Crippen LogP contribution is 2.31. The lowest BCUT2D eigenvalue weighted by Crippen LogP contribution is -2.60. The molecule has 3 heteroatoms. The molecule has 0 saturated carbocycles. The van der Waals surface area contributed by atoms with Crippen LogP contribution in [0.1, 0.15) is 13.3 Å². The number of likely N-dealkylation sites (tertiary alicyclic amines) is 1. The number of rotatable bonds is 3. The van der Waals surface area contributed by atoms with Gasteiger partial charge in [-0.05, 0) is 6.92 Å². The number of halogens is 1. The van der Waals surface area contributed by atoms with Gasteiger partial charge in [0.05, 0.1) is 12.0 Å². The van der Waals surface area contributed by atoms with Gasteiger partial charge in [-0.3, -0.25) is 4.79 Å². The van der Waals surface area contributed by atoms with E-state index in [1.807, 2.05) is 17.9 Å². The van der Waals surface area contributed by atoms with Crippen molar-refractivity contribution in [1.82, 2.24) is 4.90 Å². The third-order valence-electron chi connectivity index (χ3n) is 2.17. The Hall–Kier alpha value is -0.310. The Morgan fingerprint density at radius 3 is 2.91 bits per heavy atom. The van der Waals surface area contributed by atoms with E-state index in [0.717, 1.165) is 11.9 Å². The molecule has 0 spiro atoms. The zero-order valence-corrected chi connectivity index (χ0v) is 8.23. The first-order valence-corrected chi connectivity index (χ1v) is 4.76. The molecule has 1 aliphatic heterocycles. The molecule has 11 heavy (non-hydrogen) atoms. The fraction of sp³-hybridized carbons (Fsp3) is 0.625. The number of hydrogen-bond donors (Lipinski definition) is 0. The van der Waals surface area contributed by atoms with Crippen LogP contribution in [0.15, 0.2) is 12.7 Å². The van der Waals surface area contributed by atoms with Crippen LogP contribution in [0.25, 0.3) is 0 Å². The average molecular weight is 218 g/mol. The largest absolute Gasteiger partial charge is 0.332 e. The molecule has 1 unspecified atom stereocenters. The van der Waals surface area contributed by atoms with Gasteiger partial charge in [0.1, 0.15) is 0 Å². The predicted molar refractivity (Wildman–Crippen MR) is 48.7 cm³/mol. The molecule has 1 saturated heterocycles. The van der Waals surface area contributed by atoms with Crippen LogP contribution in [0.5, 0.6) is 0 Å². The minimum atomic E-state index is -0.0785. The number of carbonyl (C=O) groups excluding carboxylic acids is 1. The van der Waals surface area contributed by atoms with E-state index < -0.39 is 0 Å². The number of nitrogens with zero attached hydrogens (tertiary/aromatic N) is 1. The highest BCUT2D eigenvalue weighted by molar-refractivity contribution is 9.09. The quantitative estimate of drug-likeness (QED) is 0.400. The summed E-state index contributed by atoms with van der Waals surface area (Å²) in [5.41, 5.74) is -0.0785. The van der Waals surface area contributed by atoms with Crippen LogP contribution in [-0.2, 0) is 4.79 Å². The number of hydrogen-bond acceptors (Lipinski definition) is 1. The van der Waals surface area contributed by atoms with Crippen LogP contribution in [0.3, 0.4) is 0 Å². The summed E-state index contributed by atoms with van der Waals surface area (Å²) in [7, 11) is 0. The standard InChI is InChI=1S/C8H12BrNO/c1-3-8(2)6-7(11)10(8)5-4-9/h3H,1,4-6H2,2H3. The molecule has 1 aliphatic rings. The molecule has 1 rings (SSSR count). The van der Waals surface area contributed by atoms with Gasteiger partial charge < -0.3 is 4.90 Å². The van der Waals surface area contributed by atoms with E-state index in [-0.39, 0.29) is 11.4 Å². The molecule has 0 aromatic rings. The molecule has 0 bridgehead atoms. The zero-order chi connectivity index (χ0) is 8.48. The second-order valence-electron chi connectivity index (χ2n) is 2.97. The molecule has 0 aliphatic carbocycles. The van der Waals surface area contributed by atoms with Crippen molar-refractivity contribution in [3.63, 3.8) is 0 Å². The van der Waals surface area contributed by atoms with Gasteiger partial charge in [-0.1, -0.05) is 22.0 Å². The van der Waals surface area contributed by atoms with Crippen molar-refractivity contribution >= 4 is 21.8 Å². The van der Waals surface area contributed by atoms with Gasteiger partial charge in [-0.15, -0.1) is 6.58 Å². The Morgan fingerprint density at radius 2 is 2.55 bits per heavy atom. The zero-order valence-electron chi connectivity index (χ0n) is 6.64. The van der Waals surface area contributed by atoms with Crippen molar-refractivity contribution in [1.29, 1.82) is 0 Å². The maximum atomic E-state index is 11.1. The smallest absolute Gasteiger partial charge is 0.225 e. The summed E-state index contributed by atoms with van der Waals surface area (Å²) >= 11 is 3.30. The van der Waals surface area contributed by atoms with Gasteiger partial charge in [0.15, 0.2) is 0 Å². The lowest BCUT2D eigenvalue weighted by atomic mass is 9.86. The highest BCUT2D eigenvalue weighted by atomic mass is 79.9. The Morgan fingerprint density at radius 1 is 1.91 bits per heavy atom. The molecule has 1 heterocycles. The van der Waals surface area contributed by atoms with Gasteiger partial charge in [0.2, 0.25) is 5.91 Å². The minimum absolute atomic E-state index is 0.0785. The first kappa shape index (κ1) is 8.78. The average Bonchev–Trinajstić information content (AvgIpc) is 2.00. The third kappa shape index (κ3) is 1.34. The molecule has 2 nitrogen and oxygen atoms in total. The van der Waals surface area contributed by atoms with Crippen LogP contribution in [0, 0.1) is 0 Å². The summed E-state index contributed by atoms with van der Waals surface area (Å²) < 4.78 is 0. The molecular weight excluding hydrogens is 206 g/mol. The lowest BCUT2D eigenvalue weighted by Gasteiger charge is -2.48. The number of carbonyl (C=O) groups is 1. The highest BCUT2D eigenvalue weighted by Gasteiger charge is 2.43. The van der Waals surface area contributed by atoms with Gasteiger partial charge in [-0.2, -0.15) is 0 Å². The fourth-order valence-corrected chi connectivity index (χ4v) is 1.69. The monoisotopic (exact) mass is 217 g/mol. The molecular formula is C8H12BrNO. The SMILES string of the molecule is C=CC1(C)CC(=O)N1CCBr. The normalized spacial score (nSPS) is 30.0. The number of alkyl halides is 1. The summed E-state index contributed by atoms with van der Waals surface area (Å²) in [5.74, 6) is 0.229. The van der Waals surface area contributed by atoms with Crippen LogP contribution in [0.4, 0.5) is 0 Å². The maximum Gasteiger partial charge on any atom is 0.225 e. The van der Waals surface area contributed by atoms with Crippen molar-refractivity contribution in [3.05, 3.63) is 12.7 Å². The van der Waals surface area contributed by atoms with Crippen LogP contribution in [-0.4, -0.2) is 28.2 Å². The molecule has 0 aromatic heterocycles. The van der Waals surface area contributed by atoms with Gasteiger partial charge in [-0.25, -0.2) is 0 Å². The molecule has 0 radical (unpaired) electrons. The molecule has 1 amide bonds. The van der Waals surface area contributed by atoms with Gasteiger partial charge >= 0.3 is 0 Å². The Balaban J connectivity index is 2.60. The van der Waals surface area contributed by atoms with Gasteiger partial charge in [0, 0.05) is 11.9 Å². The van der Waals surface area contributed by atoms with E-state index in [2.05, 4.69) is 22.5 Å². The summed E-state index contributed by atoms with van der Waals surface area (Å²) in [6.45, 7) is 6.52. The van der Waals surface area contributed by atoms with Gasteiger partial charge in [0.25, 0.3) is 0 Å². The number of amides is 1. The van der Waals surface area contributed by atoms with E-state index in [4.69, 9.17) is 0 Å². The summed E-state index contributed by atoms with van der Waals surface area (Å²) in [6.07, 6.45) is 2.46. The summed E-state index contributed by atoms with van der Waals surface area (Å²) in [5, 5.41) is 0.835. The van der Waals surface area contributed by atoms with E-state index in [0.29, 0.717) is 6.42 Å². The summed E-state index contributed by atoms with van der Waals surface area (Å²) in [6, 6.07) is 0. The summed E-state index contributed by atoms with van der Waals surface area (Å²) in [4.78, 5) is 12.9. The Kier molecular flexibility index (Phi) is 2.37. The van der Waals surface area contributed by atoms with Crippen molar-refractivity contribution < 1.29 is 4.79 Å². The Labute approximate surface area is 75.4 Å². The lowest BCUT2D eigenvalue weighted by molar-refractivity contribution is -0.150. The van der Waals surface area contributed by atoms with E-state index >= 15 is 0 Å². The first-order chi connectivity index (χ1) is 5.14. The molecule has 1 atom stereocenters. The molecule has 62 valence electrons. The van der Waals surface area contributed by atoms with Crippen molar-refractivity contribution in [2.45, 2.75) is 18.9 Å². The van der Waals surface area contributed by atoms with E-state index in [9.17, 15) is 4.79 Å². The molecule has 0 aromatic carbocycles. The van der Waals surface area contributed by atoms with Crippen LogP contribution < -0.4 is 0 Å². The second kappa shape index (κ2) is 2.97. The first-order valence-electron chi connectivity index (χ1n) is 3.64. The van der Waals surface area contributed by atoms with E-state index in [1.54, 1.807) is 0 Å². The van der Waals surface area contributed by atoms with E-state index in [1.165, 1.54) is 0 Å². The Bertz CT molecular complexity index is 193. The molecule has 0 N–H and O–H groups in total. The maximum absolute atomic E-state index is 11.1. The van der Waals surface area contributed by atoms with Crippen molar-refractivity contribution in [2.75, 3.05) is 11.9 Å². The van der Waals surface area contributed by atoms with Crippen LogP contribution in [0.2, 0.25) is 0 Å². The van der Waals surface area contributed by atoms with Crippen LogP contribution >= 0.6 is 15.9 Å². The minimum Gasteiger partial charge on any atom is -0.332 e. The van der Waals surface area contributed by atoms with Crippen molar-refractivity contribution in [3.8, 4) is 0 Å². The third-order valence-corrected chi connectivity index (χ3v) is 2.53. The van der Waals surface area contributed by atoms with Crippen molar-refractivity contribution in [2.24, 2.45) is 0 Å². The second-order valence-corrected chi connectivity index (χ2v) is 3.77.